The Balaban J connectivity index is 1.98. The average Bonchev–Trinajstić information content (AvgIpc) is 3.45. The lowest BCUT2D eigenvalue weighted by molar-refractivity contribution is -0.162. The van der Waals surface area contributed by atoms with Crippen molar-refractivity contribution in [3.05, 3.63) is 10.1 Å². The number of methoxy groups -OCH3 is 1. The van der Waals surface area contributed by atoms with Crippen LogP contribution in [0.15, 0.2) is 10.1 Å². The molecule has 12 heteroatoms. The molecule has 1 saturated heterocycles. The number of hydrogen-bond acceptors (Lipinski definition) is 6. The molecule has 0 aromatic rings. The SMILES string of the molecule is COC(C)COC(=O)C1C(C(=O)OCC2CO2)C2(Cl)C(Cl)=C(Cl)C1(Cl)C2(Cl)Cl. The highest BCUT2D eigenvalue weighted by molar-refractivity contribution is 6.66. The fraction of sp³-hybridized carbons (Fsp3) is 0.750. The van der Waals surface area contributed by atoms with Crippen molar-refractivity contribution in [3.8, 4) is 0 Å². The predicted molar refractivity (Wildman–Crippen MR) is 105 cm³/mol. The summed E-state index contributed by atoms with van der Waals surface area (Å²) in [5.41, 5.74) is 0. The summed E-state index contributed by atoms with van der Waals surface area (Å²) in [4.78, 5) is 21.8. The molecule has 1 saturated carbocycles. The molecule has 2 bridgehead atoms. The van der Waals surface area contributed by atoms with Gasteiger partial charge in [-0.2, -0.15) is 0 Å². The highest BCUT2D eigenvalue weighted by Gasteiger charge is 2.86. The maximum atomic E-state index is 12.9. The molecule has 2 fully saturated rings. The Morgan fingerprint density at radius 1 is 1.07 bits per heavy atom. The number of halogens is 6. The Morgan fingerprint density at radius 2 is 1.54 bits per heavy atom. The van der Waals surface area contributed by atoms with E-state index in [1.54, 1.807) is 6.92 Å². The number of fused-ring (bicyclic) bond motifs is 2. The zero-order valence-corrected chi connectivity index (χ0v) is 19.2. The van der Waals surface area contributed by atoms with Crippen molar-refractivity contribution in [3.63, 3.8) is 0 Å². The van der Waals surface area contributed by atoms with E-state index in [0.29, 0.717) is 6.61 Å². The molecule has 1 heterocycles. The van der Waals surface area contributed by atoms with Gasteiger partial charge in [0.25, 0.3) is 0 Å². The molecule has 0 amide bonds. The van der Waals surface area contributed by atoms with E-state index in [1.807, 2.05) is 0 Å². The van der Waals surface area contributed by atoms with E-state index < -0.39 is 44.0 Å². The van der Waals surface area contributed by atoms with Gasteiger partial charge in [0.05, 0.1) is 34.6 Å². The first-order valence-corrected chi connectivity index (χ1v) is 10.5. The van der Waals surface area contributed by atoms with E-state index in [0.717, 1.165) is 0 Å². The summed E-state index contributed by atoms with van der Waals surface area (Å²) in [6, 6.07) is 0. The van der Waals surface area contributed by atoms with Crippen LogP contribution in [0.4, 0.5) is 0 Å². The molecule has 2 aliphatic carbocycles. The molecule has 6 nitrogen and oxygen atoms in total. The van der Waals surface area contributed by atoms with Crippen molar-refractivity contribution >= 4 is 81.5 Å². The number of carbonyl (C=O) groups is 2. The van der Waals surface area contributed by atoms with Crippen LogP contribution in [0.5, 0.6) is 0 Å². The minimum Gasteiger partial charge on any atom is -0.463 e. The van der Waals surface area contributed by atoms with E-state index >= 15 is 0 Å². The lowest BCUT2D eigenvalue weighted by atomic mass is 9.82. The smallest absolute Gasteiger partial charge is 0.312 e. The summed E-state index contributed by atoms with van der Waals surface area (Å²) < 4.78 is 18.5. The number of hydrogen-bond donors (Lipinski definition) is 0. The van der Waals surface area contributed by atoms with Gasteiger partial charge >= 0.3 is 11.9 Å². The third-order valence-corrected chi connectivity index (χ3v) is 9.38. The monoisotopic (exact) mass is 514 g/mol. The van der Waals surface area contributed by atoms with Gasteiger partial charge in [0.2, 0.25) is 0 Å². The average molecular weight is 517 g/mol. The van der Waals surface area contributed by atoms with E-state index in [9.17, 15) is 9.59 Å². The molecule has 3 aliphatic rings. The molecule has 0 N–H and O–H groups in total. The molecule has 6 unspecified atom stereocenters. The van der Waals surface area contributed by atoms with Crippen LogP contribution in [0.2, 0.25) is 0 Å². The van der Waals surface area contributed by atoms with Gasteiger partial charge in [-0.25, -0.2) is 0 Å². The molecule has 0 radical (unpaired) electrons. The van der Waals surface area contributed by atoms with Crippen LogP contribution in [-0.4, -0.2) is 65.2 Å². The molecule has 0 spiro atoms. The summed E-state index contributed by atoms with van der Waals surface area (Å²) in [6.07, 6.45) is -0.611. The Morgan fingerprint density at radius 3 is 1.96 bits per heavy atom. The standard InChI is InChI=1S/C16H16Cl6O6/c1-6(25-2)3-27-12(23)8-9(13(24)28-5-7-4-26-7)15(20)11(18)10(17)14(8,19)16(15,21)22/h6-9H,3-5H2,1-2H3. The molecule has 0 aromatic carbocycles. The summed E-state index contributed by atoms with van der Waals surface area (Å²) in [6.45, 7) is 2.03. The second kappa shape index (κ2) is 7.79. The molecule has 3 rings (SSSR count). The summed E-state index contributed by atoms with van der Waals surface area (Å²) in [7, 11) is 1.45. The van der Waals surface area contributed by atoms with Gasteiger partial charge in [-0.05, 0) is 6.92 Å². The minimum atomic E-state index is -2.09. The van der Waals surface area contributed by atoms with Crippen molar-refractivity contribution in [2.45, 2.75) is 33.2 Å². The van der Waals surface area contributed by atoms with E-state index in [2.05, 4.69) is 0 Å². The lowest BCUT2D eigenvalue weighted by Crippen LogP contribution is -2.47. The zero-order valence-electron chi connectivity index (χ0n) is 14.6. The van der Waals surface area contributed by atoms with E-state index in [4.69, 9.17) is 88.6 Å². The number of esters is 2. The van der Waals surface area contributed by atoms with Gasteiger partial charge in [-0.3, -0.25) is 9.59 Å². The third-order valence-electron chi connectivity index (χ3n) is 5.12. The molecule has 28 heavy (non-hydrogen) atoms. The van der Waals surface area contributed by atoms with Crippen molar-refractivity contribution in [1.29, 1.82) is 0 Å². The molecule has 0 aromatic heterocycles. The van der Waals surface area contributed by atoms with Gasteiger partial charge in [-0.15, -0.1) is 23.2 Å². The van der Waals surface area contributed by atoms with Crippen LogP contribution in [0, 0.1) is 11.8 Å². The van der Waals surface area contributed by atoms with Gasteiger partial charge < -0.3 is 18.9 Å². The quantitative estimate of drug-likeness (QED) is 0.292. The van der Waals surface area contributed by atoms with Crippen molar-refractivity contribution in [1.82, 2.24) is 0 Å². The van der Waals surface area contributed by atoms with Gasteiger partial charge in [-0.1, -0.05) is 46.4 Å². The lowest BCUT2D eigenvalue weighted by Gasteiger charge is -2.33. The maximum Gasteiger partial charge on any atom is 0.312 e. The van der Waals surface area contributed by atoms with Crippen LogP contribution in [0.3, 0.4) is 0 Å². The Kier molecular flexibility index (Phi) is 6.40. The largest absolute Gasteiger partial charge is 0.463 e. The molecular weight excluding hydrogens is 501 g/mol. The first-order valence-electron chi connectivity index (χ1n) is 8.24. The number of carbonyl (C=O) groups excluding carboxylic acids is 2. The van der Waals surface area contributed by atoms with E-state index in [1.165, 1.54) is 7.11 Å². The number of rotatable bonds is 7. The van der Waals surface area contributed by atoms with Gasteiger partial charge in [0, 0.05) is 7.11 Å². The van der Waals surface area contributed by atoms with Crippen molar-refractivity contribution in [2.24, 2.45) is 11.8 Å². The van der Waals surface area contributed by atoms with Crippen LogP contribution in [0.25, 0.3) is 0 Å². The number of ether oxygens (including phenoxy) is 4. The molecular formula is C16H16Cl6O6. The number of allylic oxidation sites excluding steroid dienone is 2. The highest BCUT2D eigenvalue weighted by atomic mass is 35.5. The topological polar surface area (TPSA) is 74.4 Å². The molecule has 158 valence electrons. The Hall–Kier alpha value is 0.340. The van der Waals surface area contributed by atoms with Gasteiger partial charge in [0.15, 0.2) is 4.33 Å². The normalized spacial score (nSPS) is 39.1. The summed E-state index contributed by atoms with van der Waals surface area (Å²) in [5, 5.41) is -0.429. The maximum absolute atomic E-state index is 12.9. The highest BCUT2D eigenvalue weighted by Crippen LogP contribution is 2.76. The number of epoxide rings is 1. The van der Waals surface area contributed by atoms with Crippen molar-refractivity contribution in [2.75, 3.05) is 26.9 Å². The fourth-order valence-electron chi connectivity index (χ4n) is 3.37. The third kappa shape index (κ3) is 3.14. The molecule has 1 aliphatic heterocycles. The Bertz CT molecular complexity index is 724. The van der Waals surface area contributed by atoms with Crippen LogP contribution in [-0.2, 0) is 28.5 Å². The Labute approximate surface area is 191 Å². The summed E-state index contributed by atoms with van der Waals surface area (Å²) in [5.74, 6) is -4.60. The van der Waals surface area contributed by atoms with Crippen molar-refractivity contribution < 1.29 is 28.5 Å². The zero-order chi connectivity index (χ0) is 21.1. The first kappa shape index (κ1) is 23.0. The van der Waals surface area contributed by atoms with E-state index in [-0.39, 0.29) is 29.4 Å². The summed E-state index contributed by atoms with van der Waals surface area (Å²) >= 11 is 38.8. The second-order valence-corrected chi connectivity index (χ2v) is 10.1. The second-order valence-electron chi connectivity index (χ2n) is 6.84. The predicted octanol–water partition coefficient (Wildman–Crippen LogP) is 3.58. The van der Waals surface area contributed by atoms with Crippen LogP contribution < -0.4 is 0 Å². The van der Waals surface area contributed by atoms with Crippen LogP contribution >= 0.6 is 69.6 Å². The minimum absolute atomic E-state index is 0.0211. The number of alkyl halides is 4. The fourth-order valence-corrected chi connectivity index (χ4v) is 6.29. The van der Waals surface area contributed by atoms with Gasteiger partial charge in [0.1, 0.15) is 29.1 Å². The molecule has 6 atom stereocenters. The van der Waals surface area contributed by atoms with Crippen LogP contribution in [0.1, 0.15) is 6.92 Å². The first-order chi connectivity index (χ1) is 12.9.